The van der Waals surface area contributed by atoms with Crippen LogP contribution in [0.4, 0.5) is 0 Å². The Labute approximate surface area is 148 Å². The highest BCUT2D eigenvalue weighted by Gasteiger charge is 2.16. The first-order chi connectivity index (χ1) is 11.6. The number of likely N-dealkylation sites (tertiary alicyclic amines) is 1. The maximum Gasteiger partial charge on any atom is 0.331 e. The fraction of sp³-hybridized carbons (Fsp3) is 0.438. The van der Waals surface area contributed by atoms with E-state index in [9.17, 15) is 9.59 Å². The Bertz CT molecular complexity index is 760. The number of aromatic nitrogens is 2. The van der Waals surface area contributed by atoms with E-state index in [4.69, 9.17) is 16.3 Å². The first-order valence-corrected chi connectivity index (χ1v) is 9.14. The zero-order valence-electron chi connectivity index (χ0n) is 13.1. The Balaban J connectivity index is 1.54. The van der Waals surface area contributed by atoms with Crippen molar-refractivity contribution in [3.63, 3.8) is 0 Å². The molecule has 2 aromatic rings. The number of ether oxygens (including phenoxy) is 1. The maximum absolute atomic E-state index is 12.1. The number of halogens is 1. The van der Waals surface area contributed by atoms with E-state index in [1.165, 1.54) is 17.4 Å². The summed E-state index contributed by atoms with van der Waals surface area (Å²) in [6, 6.07) is 0. The van der Waals surface area contributed by atoms with Crippen LogP contribution in [-0.2, 0) is 14.3 Å². The molecule has 6 nitrogen and oxygen atoms in total. The van der Waals surface area contributed by atoms with Crippen molar-refractivity contribution >= 4 is 45.9 Å². The molecule has 24 heavy (non-hydrogen) atoms. The summed E-state index contributed by atoms with van der Waals surface area (Å²) in [5.74, 6) is -0.708. The molecule has 0 radical (unpaired) electrons. The van der Waals surface area contributed by atoms with Gasteiger partial charge in [0.25, 0.3) is 5.91 Å². The van der Waals surface area contributed by atoms with Gasteiger partial charge in [-0.05, 0) is 18.9 Å². The van der Waals surface area contributed by atoms with Gasteiger partial charge < -0.3 is 9.64 Å². The zero-order chi connectivity index (χ0) is 16.9. The van der Waals surface area contributed by atoms with Crippen LogP contribution in [0.3, 0.4) is 0 Å². The van der Waals surface area contributed by atoms with E-state index in [-0.39, 0.29) is 12.5 Å². The lowest BCUT2D eigenvalue weighted by molar-refractivity contribution is -0.148. The molecule has 1 aliphatic heterocycles. The van der Waals surface area contributed by atoms with Gasteiger partial charge in [-0.25, -0.2) is 9.78 Å². The van der Waals surface area contributed by atoms with Gasteiger partial charge in [0.15, 0.2) is 16.7 Å². The molecule has 0 unspecified atom stereocenters. The van der Waals surface area contributed by atoms with Crippen LogP contribution in [0.1, 0.15) is 31.4 Å². The largest absolute Gasteiger partial charge is 0.452 e. The number of imidazole rings is 1. The molecule has 1 fully saturated rings. The Kier molecular flexibility index (Phi) is 5.52. The van der Waals surface area contributed by atoms with Crippen LogP contribution >= 0.6 is 22.9 Å². The van der Waals surface area contributed by atoms with Crippen LogP contribution in [0.5, 0.6) is 0 Å². The second kappa shape index (κ2) is 7.81. The molecule has 3 heterocycles. The molecule has 0 N–H and O–H groups in total. The molecular weight excluding hydrogens is 350 g/mol. The molecular formula is C16H18ClN3O3S. The van der Waals surface area contributed by atoms with Gasteiger partial charge in [-0.15, -0.1) is 11.3 Å². The van der Waals surface area contributed by atoms with E-state index in [1.807, 2.05) is 11.6 Å². The van der Waals surface area contributed by atoms with Crippen molar-refractivity contribution in [2.75, 3.05) is 19.7 Å². The quantitative estimate of drug-likeness (QED) is 0.615. The first-order valence-electron chi connectivity index (χ1n) is 7.89. The molecule has 1 amide bonds. The lowest BCUT2D eigenvalue weighted by Gasteiger charge is -2.19. The zero-order valence-corrected chi connectivity index (χ0v) is 14.7. The average Bonchev–Trinajstić information content (AvgIpc) is 3.00. The van der Waals surface area contributed by atoms with Gasteiger partial charge in [-0.1, -0.05) is 24.4 Å². The van der Waals surface area contributed by atoms with Gasteiger partial charge in [-0.2, -0.15) is 0 Å². The molecule has 2 aromatic heterocycles. The lowest BCUT2D eigenvalue weighted by Crippen LogP contribution is -2.35. The third kappa shape index (κ3) is 3.96. The minimum Gasteiger partial charge on any atom is -0.452 e. The Morgan fingerprint density at radius 3 is 2.79 bits per heavy atom. The standard InChI is InChI=1S/C16H18ClN3O3S/c17-15-12(20-9-10-24-16(20)18-15)5-6-14(22)23-11-13(21)19-7-3-1-2-4-8-19/h5-6,9-10H,1-4,7-8,11H2. The van der Waals surface area contributed by atoms with Crippen LogP contribution in [0.25, 0.3) is 11.0 Å². The number of carbonyl (C=O) groups excluding carboxylic acids is 2. The third-order valence-electron chi connectivity index (χ3n) is 3.93. The van der Waals surface area contributed by atoms with Crippen molar-refractivity contribution in [3.8, 4) is 0 Å². The van der Waals surface area contributed by atoms with Gasteiger partial charge in [0.2, 0.25) is 0 Å². The Morgan fingerprint density at radius 2 is 2.04 bits per heavy atom. The van der Waals surface area contributed by atoms with E-state index in [0.717, 1.165) is 43.7 Å². The molecule has 0 aliphatic carbocycles. The second-order valence-electron chi connectivity index (χ2n) is 5.58. The van der Waals surface area contributed by atoms with Crippen molar-refractivity contribution in [2.45, 2.75) is 25.7 Å². The molecule has 1 aliphatic rings. The van der Waals surface area contributed by atoms with Gasteiger partial charge in [0.1, 0.15) is 0 Å². The van der Waals surface area contributed by atoms with Crippen molar-refractivity contribution in [3.05, 3.63) is 28.5 Å². The monoisotopic (exact) mass is 367 g/mol. The van der Waals surface area contributed by atoms with E-state index < -0.39 is 5.97 Å². The number of nitrogens with zero attached hydrogens (tertiary/aromatic N) is 3. The van der Waals surface area contributed by atoms with Crippen LogP contribution in [-0.4, -0.2) is 45.9 Å². The summed E-state index contributed by atoms with van der Waals surface area (Å²) in [6.45, 7) is 1.26. The van der Waals surface area contributed by atoms with Gasteiger partial charge >= 0.3 is 5.97 Å². The van der Waals surface area contributed by atoms with Crippen molar-refractivity contribution in [1.29, 1.82) is 0 Å². The van der Waals surface area contributed by atoms with Crippen molar-refractivity contribution in [2.24, 2.45) is 0 Å². The van der Waals surface area contributed by atoms with Crippen LogP contribution in [0, 0.1) is 0 Å². The fourth-order valence-electron chi connectivity index (χ4n) is 2.67. The molecule has 3 rings (SSSR count). The van der Waals surface area contributed by atoms with E-state index >= 15 is 0 Å². The lowest BCUT2D eigenvalue weighted by atomic mass is 10.2. The van der Waals surface area contributed by atoms with Crippen LogP contribution in [0.15, 0.2) is 17.7 Å². The number of thiazole rings is 1. The van der Waals surface area contributed by atoms with Crippen molar-refractivity contribution < 1.29 is 14.3 Å². The molecule has 0 bridgehead atoms. The summed E-state index contributed by atoms with van der Waals surface area (Å²) in [6.07, 6.45) is 8.96. The molecule has 8 heteroatoms. The number of esters is 1. The molecule has 0 aromatic carbocycles. The van der Waals surface area contributed by atoms with Gasteiger partial charge in [0, 0.05) is 30.7 Å². The van der Waals surface area contributed by atoms with E-state index in [1.54, 1.807) is 15.4 Å². The molecule has 0 spiro atoms. The molecule has 1 saturated heterocycles. The predicted octanol–water partition coefficient (Wildman–Crippen LogP) is 3.01. The van der Waals surface area contributed by atoms with Crippen molar-refractivity contribution in [1.82, 2.24) is 14.3 Å². The minimum atomic E-state index is -0.570. The van der Waals surface area contributed by atoms with E-state index in [0.29, 0.717) is 10.8 Å². The molecule has 0 saturated carbocycles. The van der Waals surface area contributed by atoms with Crippen LogP contribution in [0.2, 0.25) is 5.15 Å². The predicted molar refractivity (Wildman–Crippen MR) is 93.1 cm³/mol. The summed E-state index contributed by atoms with van der Waals surface area (Å²) in [5, 5.41) is 2.21. The minimum absolute atomic E-state index is 0.138. The summed E-state index contributed by atoms with van der Waals surface area (Å²) in [5.41, 5.74) is 0.615. The van der Waals surface area contributed by atoms with E-state index in [2.05, 4.69) is 4.98 Å². The summed E-state index contributed by atoms with van der Waals surface area (Å²) in [4.78, 5) is 30.6. The number of hydrogen-bond donors (Lipinski definition) is 0. The van der Waals surface area contributed by atoms with Crippen LogP contribution < -0.4 is 0 Å². The average molecular weight is 368 g/mol. The number of hydrogen-bond acceptors (Lipinski definition) is 5. The highest BCUT2D eigenvalue weighted by atomic mass is 35.5. The summed E-state index contributed by atoms with van der Waals surface area (Å²) in [7, 11) is 0. The highest BCUT2D eigenvalue weighted by molar-refractivity contribution is 7.15. The maximum atomic E-state index is 12.1. The smallest absolute Gasteiger partial charge is 0.331 e. The Hall–Kier alpha value is -1.86. The SMILES string of the molecule is O=C(C=Cc1c(Cl)nc2sccn12)OCC(=O)N1CCCCCC1. The summed E-state index contributed by atoms with van der Waals surface area (Å²) < 4.78 is 6.83. The normalized spacial score (nSPS) is 15.8. The third-order valence-corrected chi connectivity index (χ3v) is 4.96. The van der Waals surface area contributed by atoms with Gasteiger partial charge in [-0.3, -0.25) is 9.20 Å². The second-order valence-corrected chi connectivity index (χ2v) is 6.81. The van der Waals surface area contributed by atoms with Gasteiger partial charge in [0.05, 0.1) is 5.69 Å². The number of carbonyl (C=O) groups is 2. The molecule has 0 atom stereocenters. The first kappa shape index (κ1) is 17.0. The molecule has 128 valence electrons. The Morgan fingerprint density at radius 1 is 1.29 bits per heavy atom. The topological polar surface area (TPSA) is 63.9 Å². The number of fused-ring (bicyclic) bond motifs is 1. The highest BCUT2D eigenvalue weighted by Crippen LogP contribution is 2.22. The fourth-order valence-corrected chi connectivity index (χ4v) is 3.67. The number of rotatable bonds is 4. The number of amides is 1. The summed E-state index contributed by atoms with van der Waals surface area (Å²) >= 11 is 7.50.